The molecule has 2 aliphatic heterocycles. The van der Waals surface area contributed by atoms with E-state index in [0.717, 1.165) is 22.9 Å². The van der Waals surface area contributed by atoms with Gasteiger partial charge < -0.3 is 19.7 Å². The Balaban J connectivity index is 1.45. The average molecular weight is 390 g/mol. The number of aromatic nitrogens is 2. The summed E-state index contributed by atoms with van der Waals surface area (Å²) < 4.78 is 34.3. The van der Waals surface area contributed by atoms with Gasteiger partial charge in [-0.25, -0.2) is 13.4 Å². The van der Waals surface area contributed by atoms with Gasteiger partial charge in [0.2, 0.25) is 12.7 Å². The van der Waals surface area contributed by atoms with Crippen LogP contribution in [0.25, 0.3) is 0 Å². The number of rotatable bonds is 6. The first-order chi connectivity index (χ1) is 13.0. The summed E-state index contributed by atoms with van der Waals surface area (Å²) in [5.41, 5.74) is 1.03. The monoisotopic (exact) mass is 390 g/mol. The zero-order valence-corrected chi connectivity index (χ0v) is 15.9. The van der Waals surface area contributed by atoms with Crippen molar-refractivity contribution < 1.29 is 17.9 Å². The fourth-order valence-corrected chi connectivity index (χ4v) is 5.19. The molecule has 3 heterocycles. The van der Waals surface area contributed by atoms with Gasteiger partial charge in [-0.2, -0.15) is 4.98 Å². The normalized spacial score (nSPS) is 19.8. The molecule has 4 rings (SSSR count). The van der Waals surface area contributed by atoms with E-state index in [9.17, 15) is 8.42 Å². The van der Waals surface area contributed by atoms with Crippen LogP contribution in [0.5, 0.6) is 11.5 Å². The molecule has 2 aromatic rings. The van der Waals surface area contributed by atoms with Gasteiger partial charge >= 0.3 is 0 Å². The van der Waals surface area contributed by atoms with E-state index in [-0.39, 0.29) is 24.3 Å². The molecule has 0 saturated carbocycles. The van der Waals surface area contributed by atoms with Crippen molar-refractivity contribution in [3.8, 4) is 11.5 Å². The standard InChI is InChI=1S/C18H22N4O4S/c1-2-22(14-6-8-27(23,24)11-14)17-5-7-19-18(21-17)20-10-13-3-4-15-16(9-13)26-12-25-15/h3-5,7,9,14H,2,6,8,10-12H2,1H3,(H,19,20,21). The Morgan fingerprint density at radius 1 is 1.26 bits per heavy atom. The van der Waals surface area contributed by atoms with Gasteiger partial charge in [-0.1, -0.05) is 6.07 Å². The highest BCUT2D eigenvalue weighted by Gasteiger charge is 2.32. The SMILES string of the molecule is CCN(c1ccnc(NCc2ccc3c(c2)OCO3)n1)C1CCS(=O)(=O)C1. The molecule has 144 valence electrons. The molecule has 0 radical (unpaired) electrons. The predicted octanol–water partition coefficient (Wildman–Crippen LogP) is 1.83. The molecule has 0 amide bonds. The highest BCUT2D eigenvalue weighted by atomic mass is 32.2. The van der Waals surface area contributed by atoms with Crippen LogP contribution in [-0.2, 0) is 16.4 Å². The van der Waals surface area contributed by atoms with Crippen LogP contribution in [-0.4, -0.2) is 49.3 Å². The lowest BCUT2D eigenvalue weighted by molar-refractivity contribution is 0.174. The first-order valence-corrected chi connectivity index (χ1v) is 10.8. The fourth-order valence-electron chi connectivity index (χ4n) is 3.45. The Labute approximate surface area is 158 Å². The molecular formula is C18H22N4O4S. The molecule has 1 saturated heterocycles. The van der Waals surface area contributed by atoms with Gasteiger partial charge in [0.25, 0.3) is 0 Å². The minimum absolute atomic E-state index is 0.0309. The zero-order valence-electron chi connectivity index (χ0n) is 15.1. The summed E-state index contributed by atoms with van der Waals surface area (Å²) in [5.74, 6) is 3.16. The average Bonchev–Trinajstić information content (AvgIpc) is 3.26. The lowest BCUT2D eigenvalue weighted by atomic mass is 10.2. The Morgan fingerprint density at radius 2 is 2.11 bits per heavy atom. The van der Waals surface area contributed by atoms with Gasteiger partial charge in [0, 0.05) is 25.3 Å². The third-order valence-corrected chi connectivity index (χ3v) is 6.56. The van der Waals surface area contributed by atoms with Crippen molar-refractivity contribution in [1.29, 1.82) is 0 Å². The summed E-state index contributed by atoms with van der Waals surface area (Å²) in [6, 6.07) is 7.57. The number of sulfone groups is 1. The van der Waals surface area contributed by atoms with E-state index in [0.29, 0.717) is 25.5 Å². The number of hydrogen-bond acceptors (Lipinski definition) is 8. The van der Waals surface area contributed by atoms with Crippen LogP contribution in [0.3, 0.4) is 0 Å². The molecule has 1 unspecified atom stereocenters. The van der Waals surface area contributed by atoms with Crippen LogP contribution in [0.15, 0.2) is 30.5 Å². The molecule has 0 aliphatic carbocycles. The van der Waals surface area contributed by atoms with Gasteiger partial charge in [0.15, 0.2) is 21.3 Å². The first-order valence-electron chi connectivity index (χ1n) is 8.96. The van der Waals surface area contributed by atoms with Crippen molar-refractivity contribution in [2.24, 2.45) is 0 Å². The molecule has 0 bridgehead atoms. The van der Waals surface area contributed by atoms with Gasteiger partial charge in [-0.3, -0.25) is 0 Å². The predicted molar refractivity (Wildman–Crippen MR) is 102 cm³/mol. The van der Waals surface area contributed by atoms with Crippen molar-refractivity contribution >= 4 is 21.6 Å². The second-order valence-electron chi connectivity index (χ2n) is 6.62. The fraction of sp³-hybridized carbons (Fsp3) is 0.444. The minimum atomic E-state index is -2.94. The molecule has 1 fully saturated rings. The highest BCUT2D eigenvalue weighted by molar-refractivity contribution is 7.91. The van der Waals surface area contributed by atoms with Crippen LogP contribution in [0.4, 0.5) is 11.8 Å². The van der Waals surface area contributed by atoms with Crippen LogP contribution >= 0.6 is 0 Å². The lowest BCUT2D eigenvalue weighted by Crippen LogP contribution is -2.36. The topological polar surface area (TPSA) is 93.7 Å². The second kappa shape index (κ2) is 7.22. The first kappa shape index (κ1) is 17.8. The van der Waals surface area contributed by atoms with E-state index in [1.807, 2.05) is 36.1 Å². The Morgan fingerprint density at radius 3 is 2.89 bits per heavy atom. The molecule has 8 nitrogen and oxygen atoms in total. The highest BCUT2D eigenvalue weighted by Crippen LogP contribution is 2.32. The molecule has 1 atom stereocenters. The number of anilines is 2. The number of nitrogens with one attached hydrogen (secondary N) is 1. The van der Waals surface area contributed by atoms with Crippen LogP contribution in [0.1, 0.15) is 18.9 Å². The lowest BCUT2D eigenvalue weighted by Gasteiger charge is -2.28. The zero-order chi connectivity index (χ0) is 18.9. The van der Waals surface area contributed by atoms with E-state index in [1.54, 1.807) is 6.20 Å². The molecule has 27 heavy (non-hydrogen) atoms. The largest absolute Gasteiger partial charge is 0.454 e. The Kier molecular flexibility index (Phi) is 4.77. The second-order valence-corrected chi connectivity index (χ2v) is 8.85. The summed E-state index contributed by atoms with van der Waals surface area (Å²) in [4.78, 5) is 10.9. The van der Waals surface area contributed by atoms with E-state index in [2.05, 4.69) is 15.3 Å². The van der Waals surface area contributed by atoms with Crippen molar-refractivity contribution in [2.75, 3.05) is 35.1 Å². The van der Waals surface area contributed by atoms with E-state index in [1.165, 1.54) is 0 Å². The molecule has 2 aliphatic rings. The van der Waals surface area contributed by atoms with E-state index in [4.69, 9.17) is 9.47 Å². The molecule has 1 N–H and O–H groups in total. The number of nitrogens with zero attached hydrogens (tertiary/aromatic N) is 3. The van der Waals surface area contributed by atoms with Crippen molar-refractivity contribution in [3.05, 3.63) is 36.0 Å². The maximum atomic E-state index is 11.8. The van der Waals surface area contributed by atoms with Gasteiger partial charge in [0.05, 0.1) is 11.5 Å². The number of hydrogen-bond donors (Lipinski definition) is 1. The van der Waals surface area contributed by atoms with Gasteiger partial charge in [-0.05, 0) is 37.1 Å². The number of fused-ring (bicyclic) bond motifs is 1. The molecule has 1 aromatic heterocycles. The van der Waals surface area contributed by atoms with Crippen LogP contribution < -0.4 is 19.7 Å². The van der Waals surface area contributed by atoms with Crippen LogP contribution in [0, 0.1) is 0 Å². The molecule has 9 heteroatoms. The summed E-state index contributed by atoms with van der Waals surface area (Å²) in [7, 11) is -2.94. The van der Waals surface area contributed by atoms with Crippen molar-refractivity contribution in [2.45, 2.75) is 25.9 Å². The summed E-state index contributed by atoms with van der Waals surface area (Å²) in [6.45, 7) is 3.50. The minimum Gasteiger partial charge on any atom is -0.454 e. The molecular weight excluding hydrogens is 368 g/mol. The summed E-state index contributed by atoms with van der Waals surface area (Å²) in [6.07, 6.45) is 2.33. The third kappa shape index (κ3) is 3.92. The summed E-state index contributed by atoms with van der Waals surface area (Å²) in [5, 5.41) is 3.21. The van der Waals surface area contributed by atoms with Crippen LogP contribution in [0.2, 0.25) is 0 Å². The van der Waals surface area contributed by atoms with E-state index < -0.39 is 9.84 Å². The summed E-state index contributed by atoms with van der Waals surface area (Å²) >= 11 is 0. The van der Waals surface area contributed by atoms with Crippen molar-refractivity contribution in [1.82, 2.24) is 9.97 Å². The van der Waals surface area contributed by atoms with Gasteiger partial charge in [-0.15, -0.1) is 0 Å². The number of benzene rings is 1. The Hall–Kier alpha value is -2.55. The smallest absolute Gasteiger partial charge is 0.231 e. The van der Waals surface area contributed by atoms with E-state index >= 15 is 0 Å². The van der Waals surface area contributed by atoms with Crippen molar-refractivity contribution in [3.63, 3.8) is 0 Å². The molecule has 1 aromatic carbocycles. The third-order valence-electron chi connectivity index (χ3n) is 4.81. The maximum Gasteiger partial charge on any atom is 0.231 e. The number of ether oxygens (including phenoxy) is 2. The Bertz CT molecular complexity index is 935. The quantitative estimate of drug-likeness (QED) is 0.798. The maximum absolute atomic E-state index is 11.8. The van der Waals surface area contributed by atoms with Gasteiger partial charge in [0.1, 0.15) is 5.82 Å². The molecule has 0 spiro atoms.